The number of amides is 1. The summed E-state index contributed by atoms with van der Waals surface area (Å²) in [6.45, 7) is 2.66. The van der Waals surface area contributed by atoms with E-state index in [0.717, 1.165) is 41.8 Å². The van der Waals surface area contributed by atoms with Gasteiger partial charge in [-0.2, -0.15) is 0 Å². The summed E-state index contributed by atoms with van der Waals surface area (Å²) in [5, 5.41) is 4.13. The number of nitrogens with one attached hydrogen (secondary N) is 1. The third kappa shape index (κ3) is 2.59. The summed E-state index contributed by atoms with van der Waals surface area (Å²) in [5.41, 5.74) is 2.34. The molecule has 0 saturated carbocycles. The Labute approximate surface area is 134 Å². The average molecular weight is 306 g/mol. The number of carbonyl (C=O) groups is 1. The van der Waals surface area contributed by atoms with E-state index >= 15 is 0 Å². The Kier molecular flexibility index (Phi) is 3.33. The van der Waals surface area contributed by atoms with Gasteiger partial charge in [0.25, 0.3) is 5.91 Å². The van der Waals surface area contributed by atoms with Crippen molar-refractivity contribution in [2.24, 2.45) is 0 Å². The van der Waals surface area contributed by atoms with Gasteiger partial charge in [-0.25, -0.2) is 4.98 Å². The van der Waals surface area contributed by atoms with Crippen LogP contribution in [0.4, 0.5) is 0 Å². The summed E-state index contributed by atoms with van der Waals surface area (Å²) in [7, 11) is 0. The Morgan fingerprint density at radius 3 is 3.13 bits per heavy atom. The maximum absolute atomic E-state index is 12.7. The molecule has 3 aromatic rings. The fraction of sp³-hybridized carbons (Fsp3) is 0.278. The lowest BCUT2D eigenvalue weighted by Gasteiger charge is -2.25. The topological polar surface area (TPSA) is 59.8 Å². The zero-order chi connectivity index (χ0) is 15.8. The lowest BCUT2D eigenvalue weighted by atomic mass is 10.1. The number of para-hydroxylation sites is 1. The van der Waals surface area contributed by atoms with E-state index in [1.54, 1.807) is 0 Å². The van der Waals surface area contributed by atoms with Crippen LogP contribution in [-0.2, 0) is 13.0 Å². The van der Waals surface area contributed by atoms with E-state index in [2.05, 4.69) is 19.9 Å². The van der Waals surface area contributed by atoms with Gasteiger partial charge in [0.15, 0.2) is 0 Å². The zero-order valence-electron chi connectivity index (χ0n) is 13.0. The first-order valence-electron chi connectivity index (χ1n) is 7.88. The molecule has 3 heterocycles. The van der Waals surface area contributed by atoms with E-state index in [0.29, 0.717) is 5.56 Å². The minimum atomic E-state index is -0.0469. The quantitative estimate of drug-likeness (QED) is 0.791. The molecule has 1 N–H and O–H groups in total. The number of hydrogen-bond acceptors (Lipinski definition) is 3. The first kappa shape index (κ1) is 13.9. The van der Waals surface area contributed by atoms with Gasteiger partial charge in [-0.05, 0) is 25.5 Å². The van der Waals surface area contributed by atoms with Crippen molar-refractivity contribution in [2.45, 2.75) is 32.4 Å². The summed E-state index contributed by atoms with van der Waals surface area (Å²) >= 11 is 0. The molecule has 1 aliphatic heterocycles. The summed E-state index contributed by atoms with van der Waals surface area (Å²) in [6, 6.07) is 9.93. The molecule has 0 radical (unpaired) electrons. The second-order valence-electron chi connectivity index (χ2n) is 6.02. The van der Waals surface area contributed by atoms with E-state index in [1.165, 1.54) is 0 Å². The first-order valence-corrected chi connectivity index (χ1v) is 7.88. The van der Waals surface area contributed by atoms with Crippen molar-refractivity contribution in [1.29, 1.82) is 0 Å². The second kappa shape index (κ2) is 5.50. The lowest BCUT2D eigenvalue weighted by molar-refractivity contribution is 0.0926. The molecule has 116 valence electrons. The van der Waals surface area contributed by atoms with E-state index < -0.39 is 0 Å². The SMILES string of the molecule is Cc1nc2ccccc2cc1C(=O)N[C@@H]1CCc2nccn2C1. The van der Waals surface area contributed by atoms with Crippen molar-refractivity contribution >= 4 is 16.8 Å². The molecule has 0 bridgehead atoms. The summed E-state index contributed by atoms with van der Waals surface area (Å²) in [6.07, 6.45) is 5.60. The number of fused-ring (bicyclic) bond motifs is 2. The summed E-state index contributed by atoms with van der Waals surface area (Å²) < 4.78 is 2.11. The highest BCUT2D eigenvalue weighted by Gasteiger charge is 2.21. The van der Waals surface area contributed by atoms with Crippen LogP contribution in [0, 0.1) is 6.92 Å². The van der Waals surface area contributed by atoms with Gasteiger partial charge in [0.2, 0.25) is 0 Å². The number of carbonyl (C=O) groups excluding carboxylic acids is 1. The highest BCUT2D eigenvalue weighted by molar-refractivity contribution is 5.98. The summed E-state index contributed by atoms with van der Waals surface area (Å²) in [5.74, 6) is 1.05. The molecular formula is C18H18N4O. The molecule has 1 aromatic carbocycles. The van der Waals surface area contributed by atoms with Gasteiger partial charge >= 0.3 is 0 Å². The normalized spacial score (nSPS) is 17.0. The maximum atomic E-state index is 12.7. The highest BCUT2D eigenvalue weighted by atomic mass is 16.1. The summed E-state index contributed by atoms with van der Waals surface area (Å²) in [4.78, 5) is 21.5. The smallest absolute Gasteiger partial charge is 0.253 e. The Morgan fingerprint density at radius 1 is 1.35 bits per heavy atom. The van der Waals surface area contributed by atoms with Crippen molar-refractivity contribution in [1.82, 2.24) is 19.9 Å². The number of aromatic nitrogens is 3. The van der Waals surface area contributed by atoms with Crippen LogP contribution in [0.25, 0.3) is 10.9 Å². The molecule has 2 aromatic heterocycles. The van der Waals surface area contributed by atoms with Crippen LogP contribution < -0.4 is 5.32 Å². The molecule has 0 saturated heterocycles. The average Bonchev–Trinajstić information content (AvgIpc) is 3.01. The Hall–Kier alpha value is -2.69. The molecule has 1 aliphatic rings. The van der Waals surface area contributed by atoms with Crippen molar-refractivity contribution in [2.75, 3.05) is 0 Å². The van der Waals surface area contributed by atoms with Crippen LogP contribution in [-0.4, -0.2) is 26.5 Å². The van der Waals surface area contributed by atoms with E-state index in [4.69, 9.17) is 0 Å². The molecule has 23 heavy (non-hydrogen) atoms. The Balaban J connectivity index is 1.56. The lowest BCUT2D eigenvalue weighted by Crippen LogP contribution is -2.41. The van der Waals surface area contributed by atoms with Gasteiger partial charge in [-0.15, -0.1) is 0 Å². The maximum Gasteiger partial charge on any atom is 0.253 e. The Morgan fingerprint density at radius 2 is 2.22 bits per heavy atom. The monoisotopic (exact) mass is 306 g/mol. The number of rotatable bonds is 2. The van der Waals surface area contributed by atoms with Gasteiger partial charge in [-0.3, -0.25) is 9.78 Å². The van der Waals surface area contributed by atoms with Crippen LogP contribution >= 0.6 is 0 Å². The molecule has 1 amide bonds. The molecule has 0 aliphatic carbocycles. The number of benzene rings is 1. The number of aryl methyl sites for hydroxylation is 2. The minimum absolute atomic E-state index is 0.0469. The van der Waals surface area contributed by atoms with Crippen molar-refractivity contribution in [3.63, 3.8) is 0 Å². The molecule has 5 heteroatoms. The molecule has 0 spiro atoms. The zero-order valence-corrected chi connectivity index (χ0v) is 13.0. The predicted octanol–water partition coefficient (Wildman–Crippen LogP) is 2.48. The van der Waals surface area contributed by atoms with Crippen molar-refractivity contribution < 1.29 is 4.79 Å². The van der Waals surface area contributed by atoms with E-state index in [1.807, 2.05) is 49.6 Å². The van der Waals surface area contributed by atoms with Crippen LogP contribution in [0.1, 0.15) is 28.3 Å². The van der Waals surface area contributed by atoms with Gasteiger partial charge < -0.3 is 9.88 Å². The standard InChI is InChI=1S/C18H18N4O/c1-12-15(10-13-4-2-3-5-16(13)20-12)18(23)21-14-6-7-17-19-8-9-22(17)11-14/h2-5,8-10,14H,6-7,11H2,1H3,(H,21,23)/t14-/m1/s1. The molecule has 1 atom stereocenters. The third-order valence-corrected chi connectivity index (χ3v) is 4.43. The molecular weight excluding hydrogens is 288 g/mol. The van der Waals surface area contributed by atoms with E-state index in [9.17, 15) is 4.79 Å². The molecule has 5 nitrogen and oxygen atoms in total. The van der Waals surface area contributed by atoms with Gasteiger partial charge in [-0.1, -0.05) is 18.2 Å². The van der Waals surface area contributed by atoms with Crippen LogP contribution in [0.5, 0.6) is 0 Å². The third-order valence-electron chi connectivity index (χ3n) is 4.43. The fourth-order valence-electron chi connectivity index (χ4n) is 3.19. The van der Waals surface area contributed by atoms with Crippen LogP contribution in [0.2, 0.25) is 0 Å². The number of pyridine rings is 1. The number of hydrogen-bond donors (Lipinski definition) is 1. The van der Waals surface area contributed by atoms with Gasteiger partial charge in [0, 0.05) is 36.8 Å². The predicted molar refractivity (Wildman–Crippen MR) is 88.3 cm³/mol. The number of nitrogens with zero attached hydrogens (tertiary/aromatic N) is 3. The van der Waals surface area contributed by atoms with Crippen LogP contribution in [0.3, 0.4) is 0 Å². The molecule has 0 fully saturated rings. The second-order valence-corrected chi connectivity index (χ2v) is 6.02. The fourth-order valence-corrected chi connectivity index (χ4v) is 3.19. The Bertz CT molecular complexity index is 884. The molecule has 0 unspecified atom stereocenters. The van der Waals surface area contributed by atoms with Crippen molar-refractivity contribution in [3.8, 4) is 0 Å². The first-order chi connectivity index (χ1) is 11.2. The van der Waals surface area contributed by atoms with E-state index in [-0.39, 0.29) is 11.9 Å². The van der Waals surface area contributed by atoms with Gasteiger partial charge in [0.05, 0.1) is 16.8 Å². The largest absolute Gasteiger partial charge is 0.347 e. The molecule has 4 rings (SSSR count). The highest BCUT2D eigenvalue weighted by Crippen LogP contribution is 2.18. The van der Waals surface area contributed by atoms with Crippen LogP contribution in [0.15, 0.2) is 42.7 Å². The van der Waals surface area contributed by atoms with Gasteiger partial charge in [0.1, 0.15) is 5.82 Å². The minimum Gasteiger partial charge on any atom is -0.347 e. The van der Waals surface area contributed by atoms with Crippen molar-refractivity contribution in [3.05, 3.63) is 59.8 Å². The number of imidazole rings is 1.